The van der Waals surface area contributed by atoms with E-state index in [1.165, 1.54) is 19.3 Å². The van der Waals surface area contributed by atoms with Crippen molar-refractivity contribution in [3.63, 3.8) is 0 Å². The molecular formula is C15H20BrNO2. The number of hydrogen-bond acceptors (Lipinski definition) is 3. The zero-order valence-corrected chi connectivity index (χ0v) is 13.1. The highest BCUT2D eigenvalue weighted by Crippen LogP contribution is 2.25. The van der Waals surface area contributed by atoms with E-state index in [4.69, 9.17) is 4.74 Å². The number of benzene rings is 1. The normalized spacial score (nSPS) is 20.3. The molecule has 0 saturated carbocycles. The number of piperidine rings is 1. The number of halogens is 1. The van der Waals surface area contributed by atoms with E-state index in [2.05, 4.69) is 27.9 Å². The number of likely N-dealkylation sites (N-methyl/N-ethyl adjacent to an activating group) is 1. The summed E-state index contributed by atoms with van der Waals surface area (Å²) in [6.07, 6.45) is 3.70. The Hall–Kier alpha value is -0.870. The SMILES string of the molecule is CC(=O)c1cc(Br)ccc1OCC1CCCCN1C. The maximum Gasteiger partial charge on any atom is 0.163 e. The summed E-state index contributed by atoms with van der Waals surface area (Å²) >= 11 is 3.39. The average Bonchev–Trinajstić information content (AvgIpc) is 2.38. The van der Waals surface area contributed by atoms with Crippen molar-refractivity contribution >= 4 is 21.7 Å². The number of rotatable bonds is 4. The van der Waals surface area contributed by atoms with Gasteiger partial charge in [-0.3, -0.25) is 4.79 Å². The summed E-state index contributed by atoms with van der Waals surface area (Å²) in [5.74, 6) is 0.725. The Morgan fingerprint density at radius 2 is 2.26 bits per heavy atom. The Labute approximate surface area is 123 Å². The molecule has 0 amide bonds. The van der Waals surface area contributed by atoms with E-state index in [0.717, 1.165) is 11.0 Å². The lowest BCUT2D eigenvalue weighted by molar-refractivity contribution is 0.1000. The number of ketones is 1. The molecule has 0 N–H and O–H groups in total. The molecule has 1 aliphatic rings. The van der Waals surface area contributed by atoms with Crippen molar-refractivity contribution in [2.45, 2.75) is 32.2 Å². The van der Waals surface area contributed by atoms with Gasteiger partial charge >= 0.3 is 0 Å². The van der Waals surface area contributed by atoms with Crippen LogP contribution in [-0.2, 0) is 0 Å². The summed E-state index contributed by atoms with van der Waals surface area (Å²) in [5, 5.41) is 0. The minimum Gasteiger partial charge on any atom is -0.491 e. The topological polar surface area (TPSA) is 29.5 Å². The van der Waals surface area contributed by atoms with Crippen LogP contribution >= 0.6 is 15.9 Å². The number of nitrogens with zero attached hydrogens (tertiary/aromatic N) is 1. The first-order valence-electron chi connectivity index (χ1n) is 6.71. The van der Waals surface area contributed by atoms with Gasteiger partial charge in [-0.25, -0.2) is 0 Å². The summed E-state index contributed by atoms with van der Waals surface area (Å²) in [6.45, 7) is 3.35. The van der Waals surface area contributed by atoms with Gasteiger partial charge in [-0.05, 0) is 51.6 Å². The molecule has 1 aromatic carbocycles. The highest BCUT2D eigenvalue weighted by atomic mass is 79.9. The Morgan fingerprint density at radius 3 is 2.95 bits per heavy atom. The third-order valence-corrected chi connectivity index (χ3v) is 4.17. The molecule has 0 bridgehead atoms. The largest absolute Gasteiger partial charge is 0.491 e. The van der Waals surface area contributed by atoms with Gasteiger partial charge in [0.2, 0.25) is 0 Å². The predicted octanol–water partition coefficient (Wildman–Crippen LogP) is 3.51. The zero-order valence-electron chi connectivity index (χ0n) is 11.5. The second-order valence-corrected chi connectivity index (χ2v) is 6.05. The molecule has 1 saturated heterocycles. The number of Topliss-reactive ketones (excluding diaryl/α,β-unsaturated/α-hetero) is 1. The van der Waals surface area contributed by atoms with E-state index in [1.807, 2.05) is 18.2 Å². The molecule has 1 aromatic rings. The minimum atomic E-state index is 0.0355. The Balaban J connectivity index is 2.04. The van der Waals surface area contributed by atoms with E-state index in [9.17, 15) is 4.79 Å². The molecule has 19 heavy (non-hydrogen) atoms. The van der Waals surface area contributed by atoms with E-state index in [0.29, 0.717) is 24.0 Å². The molecular weight excluding hydrogens is 306 g/mol. The van der Waals surface area contributed by atoms with Crippen molar-refractivity contribution in [3.05, 3.63) is 28.2 Å². The van der Waals surface area contributed by atoms with Crippen LogP contribution in [0.4, 0.5) is 0 Å². The van der Waals surface area contributed by atoms with Crippen LogP contribution in [0.1, 0.15) is 36.5 Å². The van der Waals surface area contributed by atoms with Crippen LogP contribution in [0.5, 0.6) is 5.75 Å². The summed E-state index contributed by atoms with van der Waals surface area (Å²) in [7, 11) is 2.14. The smallest absolute Gasteiger partial charge is 0.163 e. The van der Waals surface area contributed by atoms with E-state index >= 15 is 0 Å². The molecule has 104 valence electrons. The lowest BCUT2D eigenvalue weighted by atomic mass is 10.0. The lowest BCUT2D eigenvalue weighted by Crippen LogP contribution is -2.40. The van der Waals surface area contributed by atoms with Crippen molar-refractivity contribution in [2.75, 3.05) is 20.2 Å². The monoisotopic (exact) mass is 325 g/mol. The first-order valence-corrected chi connectivity index (χ1v) is 7.51. The summed E-state index contributed by atoms with van der Waals surface area (Å²) in [6, 6.07) is 6.05. The molecule has 1 heterocycles. The van der Waals surface area contributed by atoms with Gasteiger partial charge in [-0.1, -0.05) is 22.4 Å². The fraction of sp³-hybridized carbons (Fsp3) is 0.533. The first-order chi connectivity index (χ1) is 9.08. The molecule has 0 aromatic heterocycles. The average molecular weight is 326 g/mol. The summed E-state index contributed by atoms with van der Waals surface area (Å²) in [4.78, 5) is 14.0. The van der Waals surface area contributed by atoms with Gasteiger partial charge in [0, 0.05) is 10.5 Å². The number of carbonyl (C=O) groups excluding carboxylic acids is 1. The number of likely N-dealkylation sites (tertiary alicyclic amines) is 1. The molecule has 0 spiro atoms. The molecule has 1 fully saturated rings. The molecule has 1 unspecified atom stereocenters. The fourth-order valence-corrected chi connectivity index (χ4v) is 2.80. The second kappa shape index (κ2) is 6.53. The molecule has 0 radical (unpaired) electrons. The standard InChI is InChI=1S/C15H20BrNO2/c1-11(18)14-9-12(16)6-7-15(14)19-10-13-5-3-4-8-17(13)2/h6-7,9,13H,3-5,8,10H2,1-2H3. The quantitative estimate of drug-likeness (QED) is 0.793. The number of ether oxygens (including phenoxy) is 1. The van der Waals surface area contributed by atoms with E-state index in [-0.39, 0.29) is 5.78 Å². The summed E-state index contributed by atoms with van der Waals surface area (Å²) in [5.41, 5.74) is 0.646. The van der Waals surface area contributed by atoms with Crippen LogP contribution in [0, 0.1) is 0 Å². The van der Waals surface area contributed by atoms with E-state index in [1.54, 1.807) is 6.92 Å². The maximum atomic E-state index is 11.6. The van der Waals surface area contributed by atoms with Gasteiger partial charge in [0.25, 0.3) is 0 Å². The minimum absolute atomic E-state index is 0.0355. The van der Waals surface area contributed by atoms with Gasteiger partial charge in [0.15, 0.2) is 5.78 Å². The highest BCUT2D eigenvalue weighted by Gasteiger charge is 2.20. The van der Waals surface area contributed by atoms with Crippen LogP contribution in [-0.4, -0.2) is 36.9 Å². The van der Waals surface area contributed by atoms with Crippen LogP contribution in [0.15, 0.2) is 22.7 Å². The van der Waals surface area contributed by atoms with Crippen molar-refractivity contribution < 1.29 is 9.53 Å². The van der Waals surface area contributed by atoms with Gasteiger partial charge in [-0.15, -0.1) is 0 Å². The Kier molecular flexibility index (Phi) is 4.99. The van der Waals surface area contributed by atoms with Crippen LogP contribution in [0.2, 0.25) is 0 Å². The van der Waals surface area contributed by atoms with Gasteiger partial charge < -0.3 is 9.64 Å². The Bertz CT molecular complexity index is 461. The molecule has 3 nitrogen and oxygen atoms in total. The Morgan fingerprint density at radius 1 is 1.47 bits per heavy atom. The van der Waals surface area contributed by atoms with E-state index < -0.39 is 0 Å². The molecule has 4 heteroatoms. The number of hydrogen-bond donors (Lipinski definition) is 0. The fourth-order valence-electron chi connectivity index (χ4n) is 2.44. The molecule has 0 aliphatic carbocycles. The van der Waals surface area contributed by atoms with Gasteiger partial charge in [-0.2, -0.15) is 0 Å². The highest BCUT2D eigenvalue weighted by molar-refractivity contribution is 9.10. The number of carbonyl (C=O) groups is 1. The van der Waals surface area contributed by atoms with Crippen molar-refractivity contribution in [3.8, 4) is 5.75 Å². The molecule has 2 rings (SSSR count). The van der Waals surface area contributed by atoms with Crippen molar-refractivity contribution in [1.29, 1.82) is 0 Å². The third-order valence-electron chi connectivity index (χ3n) is 3.67. The van der Waals surface area contributed by atoms with Crippen molar-refractivity contribution in [1.82, 2.24) is 4.90 Å². The van der Waals surface area contributed by atoms with Crippen molar-refractivity contribution in [2.24, 2.45) is 0 Å². The lowest BCUT2D eigenvalue weighted by Gasteiger charge is -2.32. The van der Waals surface area contributed by atoms with Crippen LogP contribution < -0.4 is 4.74 Å². The van der Waals surface area contributed by atoms with Gasteiger partial charge in [0.05, 0.1) is 5.56 Å². The molecule has 1 atom stereocenters. The van der Waals surface area contributed by atoms with Crippen LogP contribution in [0.3, 0.4) is 0 Å². The molecule has 1 aliphatic heterocycles. The zero-order chi connectivity index (χ0) is 13.8. The van der Waals surface area contributed by atoms with Crippen LogP contribution in [0.25, 0.3) is 0 Å². The predicted molar refractivity (Wildman–Crippen MR) is 79.9 cm³/mol. The second-order valence-electron chi connectivity index (χ2n) is 5.14. The van der Waals surface area contributed by atoms with Gasteiger partial charge in [0.1, 0.15) is 12.4 Å². The first kappa shape index (κ1) is 14.5. The maximum absolute atomic E-state index is 11.6. The summed E-state index contributed by atoms with van der Waals surface area (Å²) < 4.78 is 6.78. The third kappa shape index (κ3) is 3.80.